The molecule has 30 heavy (non-hydrogen) atoms. The van der Waals surface area contributed by atoms with Crippen molar-refractivity contribution < 1.29 is 26.6 Å². The highest BCUT2D eigenvalue weighted by atomic mass is 32.2. The van der Waals surface area contributed by atoms with E-state index in [1.54, 1.807) is 13.2 Å². The third kappa shape index (κ3) is 3.80. The maximum Gasteiger partial charge on any atom is 0.277 e. The van der Waals surface area contributed by atoms with Crippen LogP contribution in [0.15, 0.2) is 30.7 Å². The summed E-state index contributed by atoms with van der Waals surface area (Å²) >= 11 is 0. The third-order valence-corrected chi connectivity index (χ3v) is 7.06. The van der Waals surface area contributed by atoms with Crippen LogP contribution in [0.3, 0.4) is 0 Å². The molecule has 0 saturated carbocycles. The molecule has 10 nitrogen and oxygen atoms in total. The number of methoxy groups -OCH3 is 1. The number of hydrogen-bond donors (Lipinski definition) is 0. The van der Waals surface area contributed by atoms with E-state index in [2.05, 4.69) is 15.3 Å². The minimum Gasteiger partial charge on any atom is -0.440 e. The summed E-state index contributed by atoms with van der Waals surface area (Å²) in [6, 6.07) is 2.48. The van der Waals surface area contributed by atoms with Gasteiger partial charge in [-0.15, -0.1) is 0 Å². The first-order valence-electron chi connectivity index (χ1n) is 9.78. The van der Waals surface area contributed by atoms with E-state index in [0.29, 0.717) is 43.3 Å². The van der Waals surface area contributed by atoms with Crippen molar-refractivity contribution in [2.45, 2.75) is 50.7 Å². The predicted octanol–water partition coefficient (Wildman–Crippen LogP) is 3.04. The molecule has 1 saturated heterocycles. The summed E-state index contributed by atoms with van der Waals surface area (Å²) in [6.45, 7) is 4.46. The van der Waals surface area contributed by atoms with Gasteiger partial charge in [0.2, 0.25) is 16.7 Å². The van der Waals surface area contributed by atoms with E-state index in [1.165, 1.54) is 10.4 Å². The van der Waals surface area contributed by atoms with Crippen molar-refractivity contribution in [3.63, 3.8) is 0 Å². The molecule has 0 bridgehead atoms. The number of ether oxygens (including phenoxy) is 1. The van der Waals surface area contributed by atoms with Gasteiger partial charge in [0.1, 0.15) is 6.04 Å². The summed E-state index contributed by atoms with van der Waals surface area (Å²) < 4.78 is 49.5. The minimum absolute atomic E-state index is 0.156. The summed E-state index contributed by atoms with van der Waals surface area (Å²) in [5.74, 6) is 1.52. The van der Waals surface area contributed by atoms with E-state index >= 15 is 0 Å². The van der Waals surface area contributed by atoms with Crippen molar-refractivity contribution in [1.82, 2.24) is 19.6 Å². The number of sulfonamides is 1. The maximum absolute atomic E-state index is 13.4. The van der Waals surface area contributed by atoms with Gasteiger partial charge in [-0.3, -0.25) is 0 Å². The van der Waals surface area contributed by atoms with Crippen LogP contribution in [-0.2, 0) is 21.2 Å². The van der Waals surface area contributed by atoms with Crippen LogP contribution in [0.5, 0.6) is 0 Å². The third-order valence-electron chi connectivity index (χ3n) is 5.28. The van der Waals surface area contributed by atoms with Gasteiger partial charge < -0.3 is 18.2 Å². The van der Waals surface area contributed by atoms with Crippen molar-refractivity contribution >= 4 is 10.0 Å². The number of furan rings is 1. The van der Waals surface area contributed by atoms with Crippen LogP contribution in [0, 0.1) is 13.8 Å². The van der Waals surface area contributed by atoms with Gasteiger partial charge >= 0.3 is 0 Å². The molecule has 0 radical (unpaired) electrons. The zero-order chi connectivity index (χ0) is 21.3. The number of aryl methyl sites for hydroxylation is 1. The van der Waals surface area contributed by atoms with E-state index in [9.17, 15) is 8.42 Å². The highest BCUT2D eigenvalue weighted by Crippen LogP contribution is 2.36. The van der Waals surface area contributed by atoms with E-state index < -0.39 is 16.1 Å². The molecule has 0 aliphatic carbocycles. The van der Waals surface area contributed by atoms with E-state index in [-0.39, 0.29) is 11.0 Å². The fourth-order valence-electron chi connectivity index (χ4n) is 3.48. The summed E-state index contributed by atoms with van der Waals surface area (Å²) in [5.41, 5.74) is 1.53. The molecule has 11 heteroatoms. The molecule has 3 aromatic heterocycles. The summed E-state index contributed by atoms with van der Waals surface area (Å²) in [4.78, 5) is 4.38. The number of aromatic nitrogens is 3. The molecule has 0 spiro atoms. The average Bonchev–Trinajstić information content (AvgIpc) is 3.48. The summed E-state index contributed by atoms with van der Waals surface area (Å²) in [5, 5.41) is 7.69. The number of nitrogens with zero attached hydrogens (tertiary/aromatic N) is 4. The van der Waals surface area contributed by atoms with Crippen molar-refractivity contribution in [2.24, 2.45) is 0 Å². The van der Waals surface area contributed by atoms with Gasteiger partial charge in [-0.2, -0.15) is 9.29 Å². The van der Waals surface area contributed by atoms with Crippen LogP contribution in [-0.4, -0.2) is 48.3 Å². The van der Waals surface area contributed by atoms with Crippen molar-refractivity contribution in [2.75, 3.05) is 20.3 Å². The zero-order valence-corrected chi connectivity index (χ0v) is 17.9. The quantitative estimate of drug-likeness (QED) is 0.549. The maximum atomic E-state index is 13.4. The van der Waals surface area contributed by atoms with Crippen molar-refractivity contribution in [1.29, 1.82) is 0 Å². The molecule has 1 fully saturated rings. The Hall–Kier alpha value is -2.50. The van der Waals surface area contributed by atoms with Gasteiger partial charge in [0.25, 0.3) is 10.0 Å². The molecule has 1 aliphatic rings. The fraction of sp³-hybridized carbons (Fsp3) is 0.526. The molecule has 4 heterocycles. The van der Waals surface area contributed by atoms with Crippen LogP contribution in [0.4, 0.5) is 0 Å². The van der Waals surface area contributed by atoms with Gasteiger partial charge in [-0.25, -0.2) is 8.42 Å². The lowest BCUT2D eigenvalue weighted by Crippen LogP contribution is -2.38. The topological polar surface area (TPSA) is 125 Å². The Morgan fingerprint density at radius 1 is 1.20 bits per heavy atom. The Balaban J connectivity index is 1.62. The minimum atomic E-state index is -3.91. The van der Waals surface area contributed by atoms with Crippen LogP contribution in [0.2, 0.25) is 0 Å². The second-order valence-corrected chi connectivity index (χ2v) is 9.08. The van der Waals surface area contributed by atoms with Crippen LogP contribution >= 0.6 is 0 Å². The van der Waals surface area contributed by atoms with Gasteiger partial charge in [0.05, 0.1) is 12.3 Å². The monoisotopic (exact) mass is 436 g/mol. The molecular formula is C19H24N4O6S. The van der Waals surface area contributed by atoms with Crippen LogP contribution < -0.4 is 0 Å². The highest BCUT2D eigenvalue weighted by molar-refractivity contribution is 7.89. The predicted molar refractivity (Wildman–Crippen MR) is 104 cm³/mol. The first kappa shape index (κ1) is 20.8. The van der Waals surface area contributed by atoms with Crippen molar-refractivity contribution in [3.8, 4) is 11.5 Å². The van der Waals surface area contributed by atoms with E-state index in [0.717, 1.165) is 24.1 Å². The number of rotatable bonds is 7. The Morgan fingerprint density at radius 3 is 2.77 bits per heavy atom. The van der Waals surface area contributed by atoms with Gasteiger partial charge in [-0.1, -0.05) is 16.7 Å². The largest absolute Gasteiger partial charge is 0.440 e. The summed E-state index contributed by atoms with van der Waals surface area (Å²) in [7, 11) is -2.32. The molecule has 162 valence electrons. The Kier molecular flexibility index (Phi) is 5.76. The van der Waals surface area contributed by atoms with Crippen molar-refractivity contribution in [3.05, 3.63) is 35.1 Å². The molecular weight excluding hydrogens is 412 g/mol. The van der Waals surface area contributed by atoms with Gasteiger partial charge in [0, 0.05) is 25.6 Å². The first-order chi connectivity index (χ1) is 14.4. The second kappa shape index (κ2) is 8.32. The molecule has 0 N–H and O–H groups in total. The Bertz CT molecular complexity index is 1120. The number of piperidine rings is 1. The average molecular weight is 436 g/mol. The standard InChI is InChI=1S/C19H24N4O6S/c1-12-13(2)21-28-18(12)15-7-8-17(27-15)30(24,25)23-10-5-4-6-14(23)19-20-16(22-29-19)9-11-26-3/h7-8,14H,4-6,9-11H2,1-3H3. The molecule has 1 unspecified atom stereocenters. The zero-order valence-electron chi connectivity index (χ0n) is 17.1. The Labute approximate surface area is 174 Å². The molecule has 0 aromatic carbocycles. The van der Waals surface area contributed by atoms with E-state index in [1.807, 2.05) is 13.8 Å². The summed E-state index contributed by atoms with van der Waals surface area (Å²) in [6.07, 6.45) is 2.71. The smallest absolute Gasteiger partial charge is 0.277 e. The number of hydrogen-bond acceptors (Lipinski definition) is 9. The second-order valence-electron chi connectivity index (χ2n) is 7.26. The SMILES string of the molecule is COCCc1noc(C2CCCCN2S(=O)(=O)c2ccc(-c3onc(C)c3C)o2)n1. The molecule has 0 amide bonds. The highest BCUT2D eigenvalue weighted by Gasteiger charge is 2.39. The molecule has 1 atom stereocenters. The van der Waals surface area contributed by atoms with E-state index in [4.69, 9.17) is 18.2 Å². The fourth-order valence-corrected chi connectivity index (χ4v) is 5.05. The van der Waals surface area contributed by atoms with Crippen LogP contribution in [0.1, 0.15) is 48.3 Å². The lowest BCUT2D eigenvalue weighted by Gasteiger charge is -2.31. The van der Waals surface area contributed by atoms with Crippen LogP contribution in [0.25, 0.3) is 11.5 Å². The molecule has 4 rings (SSSR count). The first-order valence-corrected chi connectivity index (χ1v) is 11.2. The molecule has 1 aliphatic heterocycles. The lowest BCUT2D eigenvalue weighted by molar-refractivity contribution is 0.197. The Morgan fingerprint density at radius 2 is 2.03 bits per heavy atom. The van der Waals surface area contributed by atoms with Gasteiger partial charge in [-0.05, 0) is 38.8 Å². The van der Waals surface area contributed by atoms with Gasteiger partial charge in [0.15, 0.2) is 11.6 Å². The lowest BCUT2D eigenvalue weighted by atomic mass is 10.1. The molecule has 3 aromatic rings. The normalized spacial score (nSPS) is 18.2.